The summed E-state index contributed by atoms with van der Waals surface area (Å²) in [6, 6.07) is 23.5. The maximum Gasteiger partial charge on any atom is 0.196 e. The summed E-state index contributed by atoms with van der Waals surface area (Å²) in [5.74, 6) is 0.506. The van der Waals surface area contributed by atoms with E-state index in [2.05, 4.69) is 15.2 Å². The minimum atomic E-state index is -0.312. The standard InChI is InChI=1S/C24H17FN4OS/c25-17-12-10-16(11-13-17)23-27-28-24(29(23)18-6-2-1-3-7-18)31-15-22(30)20-14-26-21-9-5-4-8-19(20)21/h1-14,26H,15H2. The number of rotatable bonds is 6. The fourth-order valence-electron chi connectivity index (χ4n) is 3.47. The minimum Gasteiger partial charge on any atom is -0.360 e. The van der Waals surface area contributed by atoms with Crippen LogP contribution in [-0.4, -0.2) is 31.3 Å². The fourth-order valence-corrected chi connectivity index (χ4v) is 4.30. The van der Waals surface area contributed by atoms with E-state index in [1.165, 1.54) is 23.9 Å². The molecule has 152 valence electrons. The molecule has 3 aromatic carbocycles. The van der Waals surface area contributed by atoms with E-state index in [0.29, 0.717) is 16.5 Å². The minimum absolute atomic E-state index is 0.00777. The first kappa shape index (κ1) is 19.3. The molecule has 0 aliphatic heterocycles. The highest BCUT2D eigenvalue weighted by atomic mass is 32.2. The molecule has 2 heterocycles. The van der Waals surface area contributed by atoms with Crippen LogP contribution in [0.15, 0.2) is 90.2 Å². The van der Waals surface area contributed by atoms with E-state index in [1.54, 1.807) is 18.3 Å². The molecule has 2 aromatic heterocycles. The highest BCUT2D eigenvalue weighted by molar-refractivity contribution is 7.99. The van der Waals surface area contributed by atoms with Crippen LogP contribution in [0.5, 0.6) is 0 Å². The lowest BCUT2D eigenvalue weighted by Crippen LogP contribution is -2.04. The third-order valence-electron chi connectivity index (χ3n) is 4.97. The predicted octanol–water partition coefficient (Wildman–Crippen LogP) is 5.53. The number of nitrogens with zero attached hydrogens (tertiary/aromatic N) is 3. The number of hydrogen-bond donors (Lipinski definition) is 1. The summed E-state index contributed by atoms with van der Waals surface area (Å²) in [6.45, 7) is 0. The van der Waals surface area contributed by atoms with Crippen molar-refractivity contribution in [3.8, 4) is 17.1 Å². The molecule has 7 heteroatoms. The molecule has 0 saturated carbocycles. The van der Waals surface area contributed by atoms with Gasteiger partial charge in [0.1, 0.15) is 5.82 Å². The first-order valence-electron chi connectivity index (χ1n) is 9.69. The summed E-state index contributed by atoms with van der Waals surface area (Å²) >= 11 is 1.33. The van der Waals surface area contributed by atoms with Gasteiger partial charge in [0.25, 0.3) is 0 Å². The number of hydrogen-bond acceptors (Lipinski definition) is 4. The van der Waals surface area contributed by atoms with Crippen molar-refractivity contribution in [1.82, 2.24) is 19.7 Å². The Morgan fingerprint density at radius 1 is 0.935 bits per heavy atom. The van der Waals surface area contributed by atoms with Crippen LogP contribution in [0.4, 0.5) is 4.39 Å². The fraction of sp³-hybridized carbons (Fsp3) is 0.0417. The highest BCUT2D eigenvalue weighted by Crippen LogP contribution is 2.29. The number of H-pyrrole nitrogens is 1. The molecule has 5 nitrogen and oxygen atoms in total. The Balaban J connectivity index is 1.48. The zero-order chi connectivity index (χ0) is 21.2. The van der Waals surface area contributed by atoms with E-state index in [-0.39, 0.29) is 17.4 Å². The van der Waals surface area contributed by atoms with Gasteiger partial charge in [0.05, 0.1) is 5.75 Å². The van der Waals surface area contributed by atoms with Crippen molar-refractivity contribution in [3.63, 3.8) is 0 Å². The molecule has 0 spiro atoms. The molecule has 31 heavy (non-hydrogen) atoms. The third-order valence-corrected chi connectivity index (χ3v) is 5.90. The topological polar surface area (TPSA) is 63.6 Å². The van der Waals surface area contributed by atoms with Gasteiger partial charge in [-0.15, -0.1) is 10.2 Å². The third kappa shape index (κ3) is 3.75. The van der Waals surface area contributed by atoms with E-state index in [4.69, 9.17) is 0 Å². The number of benzene rings is 3. The number of carbonyl (C=O) groups is 1. The van der Waals surface area contributed by atoms with Crippen molar-refractivity contribution in [2.75, 3.05) is 5.75 Å². The number of thioether (sulfide) groups is 1. The van der Waals surface area contributed by atoms with Crippen LogP contribution < -0.4 is 0 Å². The molecule has 0 amide bonds. The van der Waals surface area contributed by atoms with Crippen LogP contribution in [0.1, 0.15) is 10.4 Å². The first-order chi connectivity index (χ1) is 15.2. The van der Waals surface area contributed by atoms with Crippen LogP contribution in [0, 0.1) is 5.82 Å². The molecule has 0 aliphatic carbocycles. The number of carbonyl (C=O) groups excluding carboxylic acids is 1. The first-order valence-corrected chi connectivity index (χ1v) is 10.7. The molecule has 0 aliphatic rings. The molecule has 0 bridgehead atoms. The van der Waals surface area contributed by atoms with Crippen molar-refractivity contribution < 1.29 is 9.18 Å². The van der Waals surface area contributed by atoms with Crippen LogP contribution >= 0.6 is 11.8 Å². The van der Waals surface area contributed by atoms with Crippen LogP contribution in [0.3, 0.4) is 0 Å². The molecule has 0 atom stereocenters. The van der Waals surface area contributed by atoms with E-state index < -0.39 is 0 Å². The second-order valence-corrected chi connectivity index (χ2v) is 7.89. The van der Waals surface area contributed by atoms with Gasteiger partial charge in [-0.25, -0.2) is 4.39 Å². The van der Waals surface area contributed by atoms with E-state index in [9.17, 15) is 9.18 Å². The van der Waals surface area contributed by atoms with Crippen LogP contribution in [0.25, 0.3) is 28.0 Å². The predicted molar refractivity (Wildman–Crippen MR) is 120 cm³/mol. The number of halogens is 1. The lowest BCUT2D eigenvalue weighted by atomic mass is 10.1. The molecule has 5 aromatic rings. The van der Waals surface area contributed by atoms with E-state index in [0.717, 1.165) is 22.2 Å². The maximum atomic E-state index is 13.4. The number of Topliss-reactive ketones (excluding diaryl/α,β-unsaturated/α-hetero) is 1. The Morgan fingerprint density at radius 3 is 2.48 bits per heavy atom. The summed E-state index contributed by atoms with van der Waals surface area (Å²) in [5, 5.41) is 10.2. The number of ketones is 1. The lowest BCUT2D eigenvalue weighted by molar-refractivity contribution is 0.102. The van der Waals surface area contributed by atoms with Crippen molar-refractivity contribution in [3.05, 3.63) is 96.4 Å². The average Bonchev–Trinajstić information content (AvgIpc) is 3.43. The zero-order valence-electron chi connectivity index (χ0n) is 16.3. The van der Waals surface area contributed by atoms with Gasteiger partial charge < -0.3 is 4.98 Å². The van der Waals surface area contributed by atoms with Gasteiger partial charge in [-0.3, -0.25) is 9.36 Å². The Bertz CT molecular complexity index is 1360. The summed E-state index contributed by atoms with van der Waals surface area (Å²) < 4.78 is 15.3. The van der Waals surface area contributed by atoms with Gasteiger partial charge in [0.15, 0.2) is 16.8 Å². The normalized spacial score (nSPS) is 11.1. The number of fused-ring (bicyclic) bond motifs is 1. The van der Waals surface area contributed by atoms with Crippen molar-refractivity contribution in [2.24, 2.45) is 0 Å². The van der Waals surface area contributed by atoms with Gasteiger partial charge >= 0.3 is 0 Å². The van der Waals surface area contributed by atoms with E-state index in [1.807, 2.05) is 59.2 Å². The summed E-state index contributed by atoms with van der Waals surface area (Å²) in [7, 11) is 0. The number of aromatic amines is 1. The summed E-state index contributed by atoms with van der Waals surface area (Å²) in [5.41, 5.74) is 3.20. The second kappa shape index (κ2) is 8.20. The Kier molecular flexibility index (Phi) is 5.09. The van der Waals surface area contributed by atoms with Gasteiger partial charge in [-0.2, -0.15) is 0 Å². The molecule has 0 radical (unpaired) electrons. The summed E-state index contributed by atoms with van der Waals surface area (Å²) in [4.78, 5) is 16.1. The molecule has 1 N–H and O–H groups in total. The van der Waals surface area contributed by atoms with Gasteiger partial charge in [0.2, 0.25) is 0 Å². The average molecular weight is 428 g/mol. The Hall–Kier alpha value is -3.71. The lowest BCUT2D eigenvalue weighted by Gasteiger charge is -2.10. The molecular formula is C24H17FN4OS. The van der Waals surface area contributed by atoms with Gasteiger partial charge in [0, 0.05) is 33.9 Å². The van der Waals surface area contributed by atoms with Crippen molar-refractivity contribution in [2.45, 2.75) is 5.16 Å². The Labute approximate surface area is 182 Å². The maximum absolute atomic E-state index is 13.4. The molecular weight excluding hydrogens is 411 g/mol. The number of para-hydroxylation sites is 2. The number of nitrogens with one attached hydrogen (secondary N) is 1. The molecule has 0 fully saturated rings. The smallest absolute Gasteiger partial charge is 0.196 e. The number of aromatic nitrogens is 4. The quantitative estimate of drug-likeness (QED) is 0.285. The van der Waals surface area contributed by atoms with Crippen LogP contribution in [0.2, 0.25) is 0 Å². The van der Waals surface area contributed by atoms with E-state index >= 15 is 0 Å². The van der Waals surface area contributed by atoms with Crippen molar-refractivity contribution in [1.29, 1.82) is 0 Å². The SMILES string of the molecule is O=C(CSc1nnc(-c2ccc(F)cc2)n1-c1ccccc1)c1c[nH]c2ccccc12. The largest absolute Gasteiger partial charge is 0.360 e. The monoisotopic (exact) mass is 428 g/mol. The molecule has 0 saturated heterocycles. The Morgan fingerprint density at radius 2 is 1.68 bits per heavy atom. The highest BCUT2D eigenvalue weighted by Gasteiger charge is 2.19. The van der Waals surface area contributed by atoms with Gasteiger partial charge in [-0.05, 0) is 42.5 Å². The van der Waals surface area contributed by atoms with Crippen LogP contribution in [-0.2, 0) is 0 Å². The van der Waals surface area contributed by atoms with Crippen molar-refractivity contribution >= 4 is 28.4 Å². The molecule has 5 rings (SSSR count). The van der Waals surface area contributed by atoms with Gasteiger partial charge in [-0.1, -0.05) is 48.2 Å². The molecule has 0 unspecified atom stereocenters. The summed E-state index contributed by atoms with van der Waals surface area (Å²) in [6.07, 6.45) is 1.75. The zero-order valence-corrected chi connectivity index (χ0v) is 17.1. The second-order valence-electron chi connectivity index (χ2n) is 6.94.